The zero-order valence-electron chi connectivity index (χ0n) is 19.1. The normalized spacial score (nSPS) is 18.2. The first-order valence-corrected chi connectivity index (χ1v) is 12.5. The molecule has 5 rings (SSSR count). The van der Waals surface area contributed by atoms with E-state index in [1.54, 1.807) is 6.20 Å². The summed E-state index contributed by atoms with van der Waals surface area (Å²) in [5.74, 6) is 1.86. The van der Waals surface area contributed by atoms with Crippen LogP contribution in [0.5, 0.6) is 0 Å². The second-order valence-electron chi connectivity index (χ2n) is 9.63. The van der Waals surface area contributed by atoms with Gasteiger partial charge in [0.05, 0.1) is 17.2 Å². The van der Waals surface area contributed by atoms with Gasteiger partial charge in [-0.15, -0.1) is 0 Å². The van der Waals surface area contributed by atoms with Crippen molar-refractivity contribution in [3.8, 4) is 11.4 Å². The second kappa shape index (κ2) is 9.86. The Morgan fingerprint density at radius 2 is 1.48 bits per heavy atom. The number of carbonyl (C=O) groups is 2. The SMILES string of the molecule is O=C(Nc1cc2nc(-c3ccc(C(=O)C4CCCCC4)cc3)[nH]c2cn1)C1CCCCCC1. The number of benzene rings is 1. The van der Waals surface area contributed by atoms with Gasteiger partial charge in [0.2, 0.25) is 5.91 Å². The number of carbonyl (C=O) groups excluding carboxylic acids is 2. The topological polar surface area (TPSA) is 87.7 Å². The van der Waals surface area contributed by atoms with Gasteiger partial charge >= 0.3 is 0 Å². The lowest BCUT2D eigenvalue weighted by molar-refractivity contribution is -0.120. The minimum absolute atomic E-state index is 0.0673. The predicted octanol–water partition coefficient (Wildman–Crippen LogP) is 6.30. The van der Waals surface area contributed by atoms with Crippen molar-refractivity contribution in [2.75, 3.05) is 5.32 Å². The molecule has 2 heterocycles. The van der Waals surface area contributed by atoms with E-state index in [2.05, 4.69) is 15.3 Å². The maximum atomic E-state index is 12.8. The van der Waals surface area contributed by atoms with Gasteiger partial charge in [0.1, 0.15) is 11.6 Å². The number of H-pyrrole nitrogens is 1. The average Bonchev–Trinajstić information content (AvgIpc) is 3.08. The third kappa shape index (κ3) is 5.00. The van der Waals surface area contributed by atoms with Gasteiger partial charge in [-0.3, -0.25) is 9.59 Å². The van der Waals surface area contributed by atoms with E-state index in [9.17, 15) is 9.59 Å². The first-order chi connectivity index (χ1) is 16.2. The van der Waals surface area contributed by atoms with E-state index in [1.165, 1.54) is 19.3 Å². The summed E-state index contributed by atoms with van der Waals surface area (Å²) in [5.41, 5.74) is 3.29. The monoisotopic (exact) mass is 444 g/mol. The summed E-state index contributed by atoms with van der Waals surface area (Å²) in [5, 5.41) is 2.99. The molecule has 0 spiro atoms. The van der Waals surface area contributed by atoms with Gasteiger partial charge in [-0.1, -0.05) is 69.2 Å². The summed E-state index contributed by atoms with van der Waals surface area (Å²) < 4.78 is 0. The predicted molar refractivity (Wildman–Crippen MR) is 130 cm³/mol. The molecule has 3 aromatic rings. The van der Waals surface area contributed by atoms with Crippen molar-refractivity contribution in [1.82, 2.24) is 15.0 Å². The standard InChI is InChI=1S/C27H32N4O2/c32-25(18-8-6-3-7-9-18)19-12-14-20(15-13-19)26-29-22-16-24(28-17-23(22)30-26)31-27(33)21-10-4-1-2-5-11-21/h12-18,21H,1-11H2,(H,29,30)(H,28,31,33). The van der Waals surface area contributed by atoms with Crippen molar-refractivity contribution < 1.29 is 9.59 Å². The fraction of sp³-hybridized carbons (Fsp3) is 0.481. The molecule has 6 nitrogen and oxygen atoms in total. The maximum absolute atomic E-state index is 12.8. The first-order valence-electron chi connectivity index (χ1n) is 12.5. The Balaban J connectivity index is 1.29. The highest BCUT2D eigenvalue weighted by Gasteiger charge is 2.23. The van der Waals surface area contributed by atoms with Crippen molar-refractivity contribution in [2.45, 2.75) is 70.6 Å². The van der Waals surface area contributed by atoms with Gasteiger partial charge in [-0.05, 0) is 25.7 Å². The Morgan fingerprint density at radius 1 is 0.848 bits per heavy atom. The Labute approximate surface area is 194 Å². The highest BCUT2D eigenvalue weighted by atomic mass is 16.2. The average molecular weight is 445 g/mol. The van der Waals surface area contributed by atoms with E-state index in [0.717, 1.165) is 79.4 Å². The minimum atomic E-state index is 0.0673. The summed E-state index contributed by atoms with van der Waals surface area (Å²) in [6.45, 7) is 0. The molecule has 2 N–H and O–H groups in total. The summed E-state index contributed by atoms with van der Waals surface area (Å²) in [7, 11) is 0. The second-order valence-corrected chi connectivity index (χ2v) is 9.63. The van der Waals surface area contributed by atoms with Crippen LogP contribution in [-0.2, 0) is 4.79 Å². The minimum Gasteiger partial charge on any atom is -0.337 e. The number of nitrogens with zero attached hydrogens (tertiary/aromatic N) is 2. The summed E-state index contributed by atoms with van der Waals surface area (Å²) >= 11 is 0. The Kier molecular flexibility index (Phi) is 6.51. The van der Waals surface area contributed by atoms with E-state index in [-0.39, 0.29) is 23.5 Å². The van der Waals surface area contributed by atoms with Gasteiger partial charge in [-0.25, -0.2) is 9.97 Å². The Bertz CT molecular complexity index is 1120. The number of aromatic nitrogens is 3. The lowest BCUT2D eigenvalue weighted by Gasteiger charge is -2.20. The van der Waals surface area contributed by atoms with Gasteiger partial charge in [-0.2, -0.15) is 0 Å². The molecule has 2 aliphatic carbocycles. The zero-order valence-corrected chi connectivity index (χ0v) is 19.1. The molecule has 0 atom stereocenters. The van der Waals surface area contributed by atoms with Crippen molar-refractivity contribution in [3.63, 3.8) is 0 Å². The molecule has 0 bridgehead atoms. The van der Waals surface area contributed by atoms with Crippen LogP contribution < -0.4 is 5.32 Å². The summed E-state index contributed by atoms with van der Waals surface area (Å²) in [6, 6.07) is 9.56. The van der Waals surface area contributed by atoms with E-state index in [1.807, 2.05) is 30.3 Å². The lowest BCUT2D eigenvalue weighted by Crippen LogP contribution is -2.22. The molecular formula is C27H32N4O2. The number of amides is 1. The van der Waals surface area contributed by atoms with E-state index in [0.29, 0.717) is 5.82 Å². The van der Waals surface area contributed by atoms with Crippen LogP contribution in [0.2, 0.25) is 0 Å². The fourth-order valence-corrected chi connectivity index (χ4v) is 5.28. The number of imidazole rings is 1. The number of hydrogen-bond acceptors (Lipinski definition) is 4. The third-order valence-corrected chi connectivity index (χ3v) is 7.26. The molecule has 2 saturated carbocycles. The molecule has 0 saturated heterocycles. The number of anilines is 1. The number of Topliss-reactive ketones (excluding diaryl/α,β-unsaturated/α-hetero) is 1. The molecule has 33 heavy (non-hydrogen) atoms. The molecule has 6 heteroatoms. The van der Waals surface area contributed by atoms with E-state index < -0.39 is 0 Å². The van der Waals surface area contributed by atoms with E-state index >= 15 is 0 Å². The van der Waals surface area contributed by atoms with Crippen LogP contribution in [0, 0.1) is 11.8 Å². The van der Waals surface area contributed by atoms with Crippen LogP contribution in [0.1, 0.15) is 81.0 Å². The molecule has 0 unspecified atom stereocenters. The third-order valence-electron chi connectivity index (χ3n) is 7.26. The van der Waals surface area contributed by atoms with Gasteiger partial charge < -0.3 is 10.3 Å². The molecule has 0 radical (unpaired) electrons. The number of pyridine rings is 1. The van der Waals surface area contributed by atoms with Gasteiger partial charge in [0, 0.05) is 29.0 Å². The number of rotatable bonds is 5. The summed E-state index contributed by atoms with van der Waals surface area (Å²) in [4.78, 5) is 37.9. The van der Waals surface area contributed by atoms with Crippen LogP contribution in [0.15, 0.2) is 36.5 Å². The van der Waals surface area contributed by atoms with Crippen molar-refractivity contribution >= 4 is 28.5 Å². The maximum Gasteiger partial charge on any atom is 0.228 e. The van der Waals surface area contributed by atoms with Crippen molar-refractivity contribution in [3.05, 3.63) is 42.1 Å². The number of ketones is 1. The lowest BCUT2D eigenvalue weighted by atomic mass is 9.84. The van der Waals surface area contributed by atoms with Crippen LogP contribution in [0.3, 0.4) is 0 Å². The molecular weight excluding hydrogens is 412 g/mol. The van der Waals surface area contributed by atoms with Crippen molar-refractivity contribution in [1.29, 1.82) is 0 Å². The van der Waals surface area contributed by atoms with Crippen LogP contribution >= 0.6 is 0 Å². The molecule has 1 amide bonds. The largest absolute Gasteiger partial charge is 0.337 e. The van der Waals surface area contributed by atoms with E-state index in [4.69, 9.17) is 4.98 Å². The summed E-state index contributed by atoms with van der Waals surface area (Å²) in [6.07, 6.45) is 13.9. The van der Waals surface area contributed by atoms with Crippen LogP contribution in [-0.4, -0.2) is 26.6 Å². The molecule has 2 fully saturated rings. The number of aromatic amines is 1. The van der Waals surface area contributed by atoms with Crippen LogP contribution in [0.25, 0.3) is 22.4 Å². The molecule has 2 aromatic heterocycles. The van der Waals surface area contributed by atoms with Gasteiger partial charge in [0.15, 0.2) is 5.78 Å². The number of nitrogens with one attached hydrogen (secondary N) is 2. The zero-order chi connectivity index (χ0) is 22.6. The fourth-order valence-electron chi connectivity index (χ4n) is 5.28. The Hall–Kier alpha value is -3.02. The first kappa shape index (κ1) is 21.8. The Morgan fingerprint density at radius 3 is 2.18 bits per heavy atom. The highest BCUT2D eigenvalue weighted by molar-refractivity contribution is 5.98. The van der Waals surface area contributed by atoms with Gasteiger partial charge in [0.25, 0.3) is 0 Å². The number of hydrogen-bond donors (Lipinski definition) is 2. The van der Waals surface area contributed by atoms with Crippen molar-refractivity contribution in [2.24, 2.45) is 11.8 Å². The molecule has 172 valence electrons. The molecule has 0 aliphatic heterocycles. The highest BCUT2D eigenvalue weighted by Crippen LogP contribution is 2.29. The number of fused-ring (bicyclic) bond motifs is 1. The molecule has 1 aromatic carbocycles. The van der Waals surface area contributed by atoms with Crippen LogP contribution in [0.4, 0.5) is 5.82 Å². The smallest absolute Gasteiger partial charge is 0.228 e. The molecule has 2 aliphatic rings. The quantitative estimate of drug-likeness (QED) is 0.357.